The van der Waals surface area contributed by atoms with Crippen molar-refractivity contribution < 1.29 is 9.53 Å². The molecule has 0 fully saturated rings. The number of thiocarbonyl (C=S) groups is 1. The monoisotopic (exact) mass is 332 g/mol. The van der Waals surface area contributed by atoms with Crippen LogP contribution in [0.2, 0.25) is 10.0 Å². The minimum absolute atomic E-state index is 0.0964. The normalized spacial score (nSPS) is 11.6. The maximum absolute atomic E-state index is 11.8. The van der Waals surface area contributed by atoms with Gasteiger partial charge in [-0.15, -0.1) is 0 Å². The molecule has 0 aliphatic heterocycles. The molecule has 0 spiro atoms. The van der Waals surface area contributed by atoms with E-state index in [0.717, 1.165) is 0 Å². The highest BCUT2D eigenvalue weighted by Crippen LogP contribution is 2.26. The maximum Gasteiger partial charge on any atom is 0.321 e. The molecule has 4 nitrogen and oxygen atoms in total. The number of hydrogen-bond donors (Lipinski definition) is 2. The Morgan fingerprint density at radius 3 is 2.70 bits per heavy atom. The highest BCUT2D eigenvalue weighted by atomic mass is 35.5. The first-order valence-corrected chi connectivity index (χ1v) is 7.00. The molecule has 0 amide bonds. The van der Waals surface area contributed by atoms with Crippen molar-refractivity contribution >= 4 is 57.8 Å². The lowest BCUT2D eigenvalue weighted by atomic mass is 10.0. The summed E-state index contributed by atoms with van der Waals surface area (Å²) in [5.41, 5.74) is 0.582. The maximum atomic E-state index is 11.8. The van der Waals surface area contributed by atoms with E-state index in [4.69, 9.17) is 45.6 Å². The van der Waals surface area contributed by atoms with Crippen molar-refractivity contribution in [2.24, 2.45) is 5.92 Å². The minimum atomic E-state index is -0.931. The van der Waals surface area contributed by atoms with Crippen molar-refractivity contribution in [3.63, 3.8) is 0 Å². The minimum Gasteiger partial charge on any atom is -0.465 e. The van der Waals surface area contributed by atoms with Crippen LogP contribution in [-0.2, 0) is 9.53 Å². The first-order valence-electron chi connectivity index (χ1n) is 5.84. The van der Waals surface area contributed by atoms with Gasteiger partial charge in [0.2, 0.25) is 0 Å². The number of hydrogen-bond acceptors (Lipinski definition) is 4. The van der Waals surface area contributed by atoms with Gasteiger partial charge in [-0.3, -0.25) is 4.79 Å². The van der Waals surface area contributed by atoms with Gasteiger partial charge in [0.05, 0.1) is 22.3 Å². The van der Waals surface area contributed by atoms with Crippen molar-refractivity contribution in [2.75, 3.05) is 11.9 Å². The van der Waals surface area contributed by atoms with Gasteiger partial charge in [-0.05, 0) is 32.0 Å². The highest BCUT2D eigenvalue weighted by molar-refractivity contribution is 7.80. The Hall–Kier alpha value is -1.17. The van der Waals surface area contributed by atoms with E-state index in [9.17, 15) is 4.79 Å². The van der Waals surface area contributed by atoms with E-state index >= 15 is 0 Å². The molecule has 0 heterocycles. The highest BCUT2D eigenvalue weighted by Gasteiger charge is 2.27. The molecule has 0 aliphatic carbocycles. The number of esters is 1. The molecule has 7 heteroatoms. The molecule has 20 heavy (non-hydrogen) atoms. The van der Waals surface area contributed by atoms with Crippen molar-refractivity contribution in [3.05, 3.63) is 28.2 Å². The molecular formula is C13H14Cl2N2O2S. The first-order chi connectivity index (χ1) is 9.36. The van der Waals surface area contributed by atoms with Crippen LogP contribution in [0.25, 0.3) is 0 Å². The quantitative estimate of drug-likeness (QED) is 0.486. The number of nitrogens with one attached hydrogen (secondary N) is 2. The third-order valence-electron chi connectivity index (χ3n) is 2.40. The summed E-state index contributed by atoms with van der Waals surface area (Å²) in [6.07, 6.45) is 0. The Bertz CT molecular complexity index is 549. The number of carbonyl (C=O) groups excluding carboxylic acids is 1. The summed E-state index contributed by atoms with van der Waals surface area (Å²) in [7, 11) is 0. The second-order valence-electron chi connectivity index (χ2n) is 3.98. The summed E-state index contributed by atoms with van der Waals surface area (Å²) in [4.78, 5) is 12.0. The number of halogens is 2. The van der Waals surface area contributed by atoms with E-state index in [1.54, 1.807) is 25.1 Å². The lowest BCUT2D eigenvalue weighted by Gasteiger charge is -2.17. The van der Waals surface area contributed by atoms with Crippen molar-refractivity contribution in [1.29, 1.82) is 5.41 Å². The lowest BCUT2D eigenvalue weighted by Crippen LogP contribution is -2.34. The van der Waals surface area contributed by atoms with Crippen LogP contribution in [0.1, 0.15) is 13.8 Å². The molecule has 1 rings (SSSR count). The molecule has 1 unspecified atom stereocenters. The standard InChI is InChI=1S/C13H14Cl2N2O2S/c1-3-19-13(18)11(7(2)16)12(20)17-10-6-8(14)4-5-9(10)15/h4-6,11,16H,3H2,1-2H3,(H,17,20). The summed E-state index contributed by atoms with van der Waals surface area (Å²) in [6.45, 7) is 3.41. The second-order valence-corrected chi connectivity index (χ2v) is 5.26. The van der Waals surface area contributed by atoms with Crippen molar-refractivity contribution in [1.82, 2.24) is 0 Å². The van der Waals surface area contributed by atoms with E-state index in [0.29, 0.717) is 15.7 Å². The second kappa shape index (κ2) is 7.57. The van der Waals surface area contributed by atoms with Crippen molar-refractivity contribution in [2.45, 2.75) is 13.8 Å². The van der Waals surface area contributed by atoms with Crippen LogP contribution in [0.4, 0.5) is 5.69 Å². The number of benzene rings is 1. The predicted molar refractivity (Wildman–Crippen MR) is 86.2 cm³/mol. The Morgan fingerprint density at radius 2 is 2.15 bits per heavy atom. The van der Waals surface area contributed by atoms with E-state index < -0.39 is 11.9 Å². The SMILES string of the molecule is CCOC(=O)C(C(C)=N)C(=S)Nc1cc(Cl)ccc1Cl. The molecule has 1 atom stereocenters. The molecule has 2 N–H and O–H groups in total. The largest absolute Gasteiger partial charge is 0.465 e. The zero-order valence-corrected chi connectivity index (χ0v) is 13.3. The zero-order chi connectivity index (χ0) is 15.3. The van der Waals surface area contributed by atoms with Crippen molar-refractivity contribution in [3.8, 4) is 0 Å². The topological polar surface area (TPSA) is 62.2 Å². The Labute approximate surface area is 132 Å². The van der Waals surface area contributed by atoms with Gasteiger partial charge in [0.25, 0.3) is 0 Å². The van der Waals surface area contributed by atoms with E-state index in [-0.39, 0.29) is 17.3 Å². The van der Waals surface area contributed by atoms with Gasteiger partial charge in [0, 0.05) is 10.7 Å². The fourth-order valence-corrected chi connectivity index (χ4v) is 2.22. The lowest BCUT2D eigenvalue weighted by molar-refractivity contribution is -0.143. The summed E-state index contributed by atoms with van der Waals surface area (Å²) in [5.74, 6) is -1.49. The number of ether oxygens (including phenoxy) is 1. The van der Waals surface area contributed by atoms with Gasteiger partial charge in [-0.2, -0.15) is 0 Å². The van der Waals surface area contributed by atoms with E-state index in [1.165, 1.54) is 6.92 Å². The average Bonchev–Trinajstić information content (AvgIpc) is 2.33. The summed E-state index contributed by atoms with van der Waals surface area (Å²) >= 11 is 17.1. The molecule has 0 saturated heterocycles. The Balaban J connectivity index is 2.94. The molecule has 0 aromatic heterocycles. The van der Waals surface area contributed by atoms with Crippen LogP contribution in [0, 0.1) is 11.3 Å². The summed E-state index contributed by atoms with van der Waals surface area (Å²) in [6, 6.07) is 4.85. The van der Waals surface area contributed by atoms with Gasteiger partial charge < -0.3 is 15.5 Å². The molecular weight excluding hydrogens is 319 g/mol. The van der Waals surface area contributed by atoms with Gasteiger partial charge in [0.15, 0.2) is 0 Å². The molecule has 0 aliphatic rings. The molecule has 1 aromatic carbocycles. The van der Waals surface area contributed by atoms with Crippen LogP contribution >= 0.6 is 35.4 Å². The van der Waals surface area contributed by atoms with Crippen LogP contribution in [0.15, 0.2) is 18.2 Å². The molecule has 108 valence electrons. The fourth-order valence-electron chi connectivity index (χ4n) is 1.50. The number of carbonyl (C=O) groups is 1. The summed E-state index contributed by atoms with van der Waals surface area (Å²) in [5, 5.41) is 11.4. The predicted octanol–water partition coefficient (Wildman–Crippen LogP) is 3.95. The zero-order valence-electron chi connectivity index (χ0n) is 11.0. The number of rotatable bonds is 5. The van der Waals surface area contributed by atoms with E-state index in [1.807, 2.05) is 0 Å². The third kappa shape index (κ3) is 4.44. The van der Waals surface area contributed by atoms with Gasteiger partial charge in [0.1, 0.15) is 5.92 Å². The average molecular weight is 333 g/mol. The van der Waals surface area contributed by atoms with Gasteiger partial charge in [-0.1, -0.05) is 35.4 Å². The fraction of sp³-hybridized carbons (Fsp3) is 0.308. The Kier molecular flexibility index (Phi) is 6.39. The van der Waals surface area contributed by atoms with Crippen LogP contribution in [-0.4, -0.2) is 23.3 Å². The molecule has 0 saturated carbocycles. The smallest absolute Gasteiger partial charge is 0.321 e. The van der Waals surface area contributed by atoms with Crippen LogP contribution in [0.3, 0.4) is 0 Å². The molecule has 0 radical (unpaired) electrons. The van der Waals surface area contributed by atoms with Gasteiger partial charge >= 0.3 is 5.97 Å². The summed E-state index contributed by atoms with van der Waals surface area (Å²) < 4.78 is 4.91. The molecule has 0 bridgehead atoms. The number of anilines is 1. The van der Waals surface area contributed by atoms with Gasteiger partial charge in [-0.25, -0.2) is 0 Å². The van der Waals surface area contributed by atoms with Crippen LogP contribution < -0.4 is 5.32 Å². The Morgan fingerprint density at radius 1 is 1.50 bits per heavy atom. The van der Waals surface area contributed by atoms with Crippen LogP contribution in [0.5, 0.6) is 0 Å². The van der Waals surface area contributed by atoms with E-state index in [2.05, 4.69) is 5.32 Å². The molecule has 1 aromatic rings. The first kappa shape index (κ1) is 16.9. The third-order valence-corrected chi connectivity index (χ3v) is 3.31.